The first-order valence-electron chi connectivity index (χ1n) is 19.5. The summed E-state index contributed by atoms with van der Waals surface area (Å²) < 4.78 is 2.48. The van der Waals surface area contributed by atoms with Gasteiger partial charge in [-0.3, -0.25) is 14.8 Å². The van der Waals surface area contributed by atoms with Crippen LogP contribution in [0.5, 0.6) is 0 Å². The lowest BCUT2D eigenvalue weighted by atomic mass is 9.81. The van der Waals surface area contributed by atoms with Gasteiger partial charge in [0.15, 0.2) is 5.71 Å². The molecule has 6 rings (SSSR count). The maximum Gasteiger partial charge on any atom is 0.303 e. The summed E-state index contributed by atoms with van der Waals surface area (Å²) in [6.07, 6.45) is 19.2. The molecule has 3 aromatic rings. The first-order chi connectivity index (χ1) is 25.9. The summed E-state index contributed by atoms with van der Waals surface area (Å²) in [6.45, 7) is 13.2. The van der Waals surface area contributed by atoms with Gasteiger partial charge < -0.3 is 15.7 Å². The molecule has 3 aliphatic rings. The minimum atomic E-state index is -0.736. The smallest absolute Gasteiger partial charge is 0.303 e. The highest BCUT2D eigenvalue weighted by Crippen LogP contribution is 2.48. The molecule has 1 aromatic heterocycles. The number of nitrogens with two attached hydrogens (primary N) is 2. The molecule has 8 nitrogen and oxygen atoms in total. The Kier molecular flexibility index (Phi) is 11.7. The Morgan fingerprint density at radius 1 is 0.926 bits per heavy atom. The highest BCUT2D eigenvalue weighted by molar-refractivity contribution is 6.03. The van der Waals surface area contributed by atoms with Gasteiger partial charge in [-0.25, -0.2) is 5.84 Å². The number of fused-ring (bicyclic) bond motifs is 2. The number of hydrazine groups is 1. The number of unbranched alkanes of at least 4 members (excludes halogenated alkanes) is 2. The van der Waals surface area contributed by atoms with E-state index in [1.54, 1.807) is 17.4 Å². The lowest BCUT2D eigenvalue weighted by Gasteiger charge is -2.29. The van der Waals surface area contributed by atoms with Crippen molar-refractivity contribution in [3.05, 3.63) is 143 Å². The molecule has 0 radical (unpaired) electrons. The molecule has 2 aromatic carbocycles. The number of nitrogens with zero attached hydrogens (tertiary/aromatic N) is 4. The second-order valence-electron chi connectivity index (χ2n) is 15.7. The Balaban J connectivity index is 1.43. The number of benzene rings is 2. The molecule has 282 valence electrons. The van der Waals surface area contributed by atoms with E-state index < -0.39 is 5.97 Å². The highest BCUT2D eigenvalue weighted by atomic mass is 16.4. The van der Waals surface area contributed by atoms with Gasteiger partial charge in [0, 0.05) is 66.3 Å². The monoisotopic (exact) mass is 725 g/mol. The minimum Gasteiger partial charge on any atom is -0.481 e. The second-order valence-corrected chi connectivity index (χ2v) is 15.7. The van der Waals surface area contributed by atoms with Crippen LogP contribution in [0.1, 0.15) is 103 Å². The molecule has 0 atom stereocenters. The van der Waals surface area contributed by atoms with Gasteiger partial charge in [-0.15, -0.1) is 0 Å². The second kappa shape index (κ2) is 16.4. The van der Waals surface area contributed by atoms with Crippen LogP contribution in [0.4, 0.5) is 11.4 Å². The maximum absolute atomic E-state index is 11.1. The molecule has 3 heterocycles. The van der Waals surface area contributed by atoms with Crippen LogP contribution in [0.2, 0.25) is 0 Å². The molecule has 0 fully saturated rings. The largest absolute Gasteiger partial charge is 0.481 e. The van der Waals surface area contributed by atoms with Gasteiger partial charge in [0.25, 0.3) is 0 Å². The SMILES string of the molecule is CCC[N+]1=C(/C=C/C2=C(N(N)/C=C(\N)c3ccccn3)C(=C/C=C3/N(CCCCCC(=O)O)c4ccccc4C3(C)C)/CCC2)C(C)(C)c2ccccc21. The molecule has 5 N–H and O–H groups in total. The van der Waals surface area contributed by atoms with E-state index in [2.05, 4.69) is 122 Å². The predicted molar refractivity (Wildman–Crippen MR) is 221 cm³/mol. The molecule has 0 unspecified atom stereocenters. The number of rotatable bonds is 14. The van der Waals surface area contributed by atoms with E-state index in [1.807, 2.05) is 18.2 Å². The molecular weight excluding hydrogens is 669 g/mol. The molecule has 1 aliphatic carbocycles. The number of para-hydroxylation sites is 2. The summed E-state index contributed by atoms with van der Waals surface area (Å²) in [5, 5.41) is 10.9. The number of carbonyl (C=O) groups is 1. The topological polar surface area (TPSA) is 112 Å². The maximum atomic E-state index is 11.1. The van der Waals surface area contributed by atoms with Gasteiger partial charge in [-0.1, -0.05) is 81.8 Å². The Morgan fingerprint density at radius 3 is 2.41 bits per heavy atom. The summed E-state index contributed by atoms with van der Waals surface area (Å²) in [6, 6.07) is 23.1. The van der Waals surface area contributed by atoms with E-state index in [4.69, 9.17) is 16.7 Å². The van der Waals surface area contributed by atoms with Gasteiger partial charge in [-0.05, 0) is 86.9 Å². The highest BCUT2D eigenvalue weighted by Gasteiger charge is 2.44. The molecule has 0 amide bonds. The number of anilines is 1. The van der Waals surface area contributed by atoms with Crippen LogP contribution in [-0.4, -0.2) is 44.4 Å². The van der Waals surface area contributed by atoms with Crippen molar-refractivity contribution >= 4 is 28.8 Å². The predicted octanol–water partition coefficient (Wildman–Crippen LogP) is 9.25. The van der Waals surface area contributed by atoms with E-state index in [1.165, 1.54) is 39.5 Å². The first-order valence-corrected chi connectivity index (χ1v) is 19.5. The summed E-state index contributed by atoms with van der Waals surface area (Å²) in [7, 11) is 0. The van der Waals surface area contributed by atoms with Crippen LogP contribution >= 0.6 is 0 Å². The van der Waals surface area contributed by atoms with Crippen molar-refractivity contribution in [3.8, 4) is 0 Å². The van der Waals surface area contributed by atoms with Crippen LogP contribution in [0, 0.1) is 0 Å². The number of carboxylic acid groups (broad SMARTS) is 1. The molecule has 54 heavy (non-hydrogen) atoms. The van der Waals surface area contributed by atoms with E-state index >= 15 is 0 Å². The normalized spacial score (nSPS) is 19.3. The molecule has 0 saturated heterocycles. The number of hydrogen-bond donors (Lipinski definition) is 3. The standard InChI is InChI=1S/C46H56N6O2/c1-6-30-50-39-22-11-9-19-35(39)45(2,3)41(50)27-25-33-17-16-18-34(44(33)52(48)32-37(47)38-21-13-14-29-49-38)26-28-42-46(4,5)36-20-10-12-23-40(36)51(42)31-15-7-8-24-43(53)54/h9-14,19-23,25-29,32H,6-8,15-18,24,30-31,47-48H2,1-5H3/p+1/b37-32-. The number of allylic oxidation sites excluding steroid dienone is 7. The average molecular weight is 726 g/mol. The number of aliphatic carboxylic acids is 1. The van der Waals surface area contributed by atoms with E-state index in [0.717, 1.165) is 62.9 Å². The molecule has 0 saturated carbocycles. The fraction of sp³-hybridized carbons (Fsp3) is 0.370. The summed E-state index contributed by atoms with van der Waals surface area (Å²) in [4.78, 5) is 18.0. The van der Waals surface area contributed by atoms with Gasteiger partial charge in [-0.2, -0.15) is 4.58 Å². The van der Waals surface area contributed by atoms with Crippen LogP contribution in [0.3, 0.4) is 0 Å². The summed E-state index contributed by atoms with van der Waals surface area (Å²) >= 11 is 0. The van der Waals surface area contributed by atoms with Gasteiger partial charge >= 0.3 is 5.97 Å². The van der Waals surface area contributed by atoms with E-state index in [9.17, 15) is 4.79 Å². The van der Waals surface area contributed by atoms with Crippen molar-refractivity contribution < 1.29 is 14.5 Å². The average Bonchev–Trinajstić information content (AvgIpc) is 3.51. The van der Waals surface area contributed by atoms with Gasteiger partial charge in [0.2, 0.25) is 5.69 Å². The Bertz CT molecular complexity index is 2050. The van der Waals surface area contributed by atoms with Gasteiger partial charge in [0.1, 0.15) is 6.54 Å². The lowest BCUT2D eigenvalue weighted by molar-refractivity contribution is -0.437. The lowest BCUT2D eigenvalue weighted by Crippen LogP contribution is -2.30. The Labute approximate surface area is 321 Å². The summed E-state index contributed by atoms with van der Waals surface area (Å²) in [5.41, 5.74) is 18.3. The Morgan fingerprint density at radius 2 is 1.67 bits per heavy atom. The van der Waals surface area contributed by atoms with Crippen LogP contribution < -0.4 is 16.5 Å². The van der Waals surface area contributed by atoms with Crippen LogP contribution in [-0.2, 0) is 15.6 Å². The zero-order valence-corrected chi connectivity index (χ0v) is 32.7. The molecule has 0 spiro atoms. The zero-order chi connectivity index (χ0) is 38.5. The molecule has 8 heteroatoms. The van der Waals surface area contributed by atoms with Crippen molar-refractivity contribution in [3.63, 3.8) is 0 Å². The van der Waals surface area contributed by atoms with Crippen LogP contribution in [0.15, 0.2) is 126 Å². The number of pyridine rings is 1. The molecule has 0 bridgehead atoms. The molecular formula is C46H57N6O2+. The fourth-order valence-corrected chi connectivity index (χ4v) is 8.45. The third kappa shape index (κ3) is 7.85. The number of hydrogen-bond acceptors (Lipinski definition) is 6. The molecule has 2 aliphatic heterocycles. The number of aromatic nitrogens is 1. The van der Waals surface area contributed by atoms with Gasteiger partial charge in [0.05, 0.1) is 22.5 Å². The number of carboxylic acids is 1. The van der Waals surface area contributed by atoms with Crippen molar-refractivity contribution in [1.82, 2.24) is 9.99 Å². The Hall–Kier alpha value is -5.21. The van der Waals surface area contributed by atoms with Crippen LogP contribution in [0.25, 0.3) is 5.70 Å². The minimum absolute atomic E-state index is 0.146. The van der Waals surface area contributed by atoms with E-state index in [0.29, 0.717) is 17.8 Å². The first kappa shape index (κ1) is 38.5. The quantitative estimate of drug-likeness (QED) is 0.0658. The summed E-state index contributed by atoms with van der Waals surface area (Å²) in [5.74, 6) is 6.29. The van der Waals surface area contributed by atoms with Crippen molar-refractivity contribution in [2.24, 2.45) is 11.6 Å². The fourth-order valence-electron chi connectivity index (χ4n) is 8.45. The van der Waals surface area contributed by atoms with E-state index in [-0.39, 0.29) is 17.3 Å². The third-order valence-electron chi connectivity index (χ3n) is 11.2. The third-order valence-corrected chi connectivity index (χ3v) is 11.2. The zero-order valence-electron chi connectivity index (χ0n) is 32.7. The van der Waals surface area contributed by atoms with Crippen molar-refractivity contribution in [2.45, 2.75) is 96.8 Å². The van der Waals surface area contributed by atoms with Crippen molar-refractivity contribution in [1.29, 1.82) is 0 Å². The van der Waals surface area contributed by atoms with Crippen molar-refractivity contribution in [2.75, 3.05) is 18.0 Å².